The molecule has 0 radical (unpaired) electrons. The molecule has 0 atom stereocenters. The van der Waals surface area contributed by atoms with Crippen molar-refractivity contribution in [3.05, 3.63) is 41.5 Å². The lowest BCUT2D eigenvalue weighted by Gasteiger charge is -1.98. The van der Waals surface area contributed by atoms with Gasteiger partial charge in [0.2, 0.25) is 5.91 Å². The van der Waals surface area contributed by atoms with Crippen LogP contribution in [0.15, 0.2) is 24.3 Å². The molecule has 1 aromatic carbocycles. The molecule has 0 aliphatic heterocycles. The summed E-state index contributed by atoms with van der Waals surface area (Å²) in [6, 6.07) is 3.42. The van der Waals surface area contributed by atoms with E-state index in [1.807, 2.05) is 0 Å². The van der Waals surface area contributed by atoms with E-state index in [0.29, 0.717) is 18.5 Å². The molecule has 0 unspecified atom stereocenters. The third-order valence-corrected chi connectivity index (χ3v) is 1.94. The quantitative estimate of drug-likeness (QED) is 0.784. The molecular weight excluding hydrogens is 212 g/mol. The van der Waals surface area contributed by atoms with Gasteiger partial charge in [-0.05, 0) is 18.6 Å². The van der Waals surface area contributed by atoms with Crippen molar-refractivity contribution < 1.29 is 13.6 Å². The van der Waals surface area contributed by atoms with Gasteiger partial charge in [-0.2, -0.15) is 0 Å². The van der Waals surface area contributed by atoms with Gasteiger partial charge in [-0.25, -0.2) is 8.78 Å². The highest BCUT2D eigenvalue weighted by Crippen LogP contribution is 2.11. The summed E-state index contributed by atoms with van der Waals surface area (Å²) in [5.41, 5.74) is 0.337. The molecule has 1 rings (SSSR count). The van der Waals surface area contributed by atoms with Crippen LogP contribution < -0.4 is 5.32 Å². The van der Waals surface area contributed by atoms with Crippen LogP contribution in [0.25, 0.3) is 6.08 Å². The van der Waals surface area contributed by atoms with Crippen LogP contribution in [0.2, 0.25) is 0 Å². The van der Waals surface area contributed by atoms with Crippen molar-refractivity contribution in [1.82, 2.24) is 5.32 Å². The van der Waals surface area contributed by atoms with Crippen molar-refractivity contribution >= 4 is 12.0 Å². The van der Waals surface area contributed by atoms with Gasteiger partial charge < -0.3 is 5.32 Å². The Bertz CT molecular complexity index is 402. The molecule has 1 amide bonds. The Morgan fingerprint density at radius 3 is 2.81 bits per heavy atom. The molecule has 0 aliphatic rings. The molecule has 0 bridgehead atoms. The largest absolute Gasteiger partial charge is 0.356 e. The molecule has 0 heterocycles. The van der Waals surface area contributed by atoms with Crippen LogP contribution in [0.3, 0.4) is 0 Å². The minimum absolute atomic E-state index is 0.0960. The molecule has 4 heteroatoms. The van der Waals surface area contributed by atoms with Crippen molar-refractivity contribution in [2.75, 3.05) is 6.54 Å². The van der Waals surface area contributed by atoms with E-state index < -0.39 is 11.6 Å². The molecule has 0 fully saturated rings. The number of benzene rings is 1. The van der Waals surface area contributed by atoms with Crippen LogP contribution >= 0.6 is 0 Å². The van der Waals surface area contributed by atoms with Crippen molar-refractivity contribution in [3.8, 4) is 0 Å². The van der Waals surface area contributed by atoms with Crippen molar-refractivity contribution in [2.24, 2.45) is 0 Å². The standard InChI is InChI=1S/C12H13F2NO/c1-9(16)15-7-3-2-4-10-5-6-11(13)8-12(10)14/h2,4-6,8H,3,7H2,1H3,(H,15,16). The number of halogens is 2. The Kier molecular flexibility index (Phi) is 4.64. The van der Waals surface area contributed by atoms with Crippen LogP contribution in [-0.2, 0) is 4.79 Å². The van der Waals surface area contributed by atoms with Crippen LogP contribution in [0, 0.1) is 11.6 Å². The van der Waals surface area contributed by atoms with E-state index in [0.717, 1.165) is 6.07 Å². The highest BCUT2D eigenvalue weighted by atomic mass is 19.1. The van der Waals surface area contributed by atoms with E-state index in [2.05, 4.69) is 5.32 Å². The first-order valence-electron chi connectivity index (χ1n) is 4.95. The number of carbonyl (C=O) groups is 1. The summed E-state index contributed by atoms with van der Waals surface area (Å²) in [5, 5.41) is 2.61. The highest BCUT2D eigenvalue weighted by Gasteiger charge is 1.99. The Balaban J connectivity index is 2.47. The van der Waals surface area contributed by atoms with Gasteiger partial charge in [0.15, 0.2) is 0 Å². The number of rotatable bonds is 4. The Morgan fingerprint density at radius 2 is 2.19 bits per heavy atom. The molecule has 86 valence electrons. The van der Waals surface area contributed by atoms with E-state index in [-0.39, 0.29) is 5.91 Å². The summed E-state index contributed by atoms with van der Waals surface area (Å²) in [5.74, 6) is -1.27. The van der Waals surface area contributed by atoms with E-state index in [4.69, 9.17) is 0 Å². The molecular formula is C12H13F2NO. The first-order chi connectivity index (χ1) is 7.59. The van der Waals surface area contributed by atoms with Gasteiger partial charge in [0.25, 0.3) is 0 Å². The predicted octanol–water partition coefficient (Wildman–Crippen LogP) is 2.50. The monoisotopic (exact) mass is 225 g/mol. The van der Waals surface area contributed by atoms with Crippen LogP contribution in [0.1, 0.15) is 18.9 Å². The summed E-state index contributed by atoms with van der Waals surface area (Å²) >= 11 is 0. The van der Waals surface area contributed by atoms with Crippen LogP contribution in [0.5, 0.6) is 0 Å². The summed E-state index contributed by atoms with van der Waals surface area (Å²) in [6.07, 6.45) is 3.90. The maximum absolute atomic E-state index is 13.1. The molecule has 0 aromatic heterocycles. The van der Waals surface area contributed by atoms with Gasteiger partial charge in [-0.3, -0.25) is 4.79 Å². The van der Waals surface area contributed by atoms with Crippen molar-refractivity contribution in [2.45, 2.75) is 13.3 Å². The van der Waals surface area contributed by atoms with Crippen LogP contribution in [-0.4, -0.2) is 12.5 Å². The number of carbonyl (C=O) groups excluding carboxylic acids is 1. The number of nitrogens with one attached hydrogen (secondary N) is 1. The van der Waals surface area contributed by atoms with E-state index >= 15 is 0 Å². The van der Waals surface area contributed by atoms with Gasteiger partial charge in [-0.1, -0.05) is 12.2 Å². The molecule has 0 saturated heterocycles. The molecule has 2 nitrogen and oxygen atoms in total. The fourth-order valence-electron chi connectivity index (χ4n) is 1.18. The Hall–Kier alpha value is -1.71. The average molecular weight is 225 g/mol. The number of hydrogen-bond acceptors (Lipinski definition) is 1. The van der Waals surface area contributed by atoms with E-state index in [1.54, 1.807) is 12.2 Å². The lowest BCUT2D eigenvalue weighted by Crippen LogP contribution is -2.20. The van der Waals surface area contributed by atoms with Gasteiger partial charge >= 0.3 is 0 Å². The zero-order valence-corrected chi connectivity index (χ0v) is 8.97. The van der Waals surface area contributed by atoms with Crippen molar-refractivity contribution in [3.63, 3.8) is 0 Å². The summed E-state index contributed by atoms with van der Waals surface area (Å²) < 4.78 is 25.7. The van der Waals surface area contributed by atoms with Gasteiger partial charge in [0.05, 0.1) is 0 Å². The minimum atomic E-state index is -0.590. The lowest BCUT2D eigenvalue weighted by atomic mass is 10.2. The molecule has 0 saturated carbocycles. The van der Waals surface area contributed by atoms with Crippen LogP contribution in [0.4, 0.5) is 8.78 Å². The first-order valence-corrected chi connectivity index (χ1v) is 4.95. The Labute approximate surface area is 93.0 Å². The van der Waals surface area contributed by atoms with E-state index in [9.17, 15) is 13.6 Å². The topological polar surface area (TPSA) is 29.1 Å². The molecule has 0 spiro atoms. The third kappa shape index (κ3) is 4.21. The van der Waals surface area contributed by atoms with Gasteiger partial charge in [-0.15, -0.1) is 0 Å². The fraction of sp³-hybridized carbons (Fsp3) is 0.250. The van der Waals surface area contributed by atoms with Gasteiger partial charge in [0, 0.05) is 25.1 Å². The second kappa shape index (κ2) is 6.00. The second-order valence-corrected chi connectivity index (χ2v) is 3.34. The smallest absolute Gasteiger partial charge is 0.216 e. The molecule has 0 aliphatic carbocycles. The van der Waals surface area contributed by atoms with Gasteiger partial charge in [0.1, 0.15) is 11.6 Å². The SMILES string of the molecule is CC(=O)NCCC=Cc1ccc(F)cc1F. The summed E-state index contributed by atoms with van der Waals surface area (Å²) in [6.45, 7) is 1.94. The predicted molar refractivity (Wildman–Crippen MR) is 58.7 cm³/mol. The summed E-state index contributed by atoms with van der Waals surface area (Å²) in [7, 11) is 0. The maximum Gasteiger partial charge on any atom is 0.216 e. The lowest BCUT2D eigenvalue weighted by molar-refractivity contribution is -0.118. The maximum atomic E-state index is 13.1. The molecule has 16 heavy (non-hydrogen) atoms. The normalized spacial score (nSPS) is 10.7. The van der Waals surface area contributed by atoms with E-state index in [1.165, 1.54) is 19.1 Å². The first kappa shape index (κ1) is 12.4. The average Bonchev–Trinajstić information content (AvgIpc) is 2.20. The molecule has 1 aromatic rings. The second-order valence-electron chi connectivity index (χ2n) is 3.34. The summed E-state index contributed by atoms with van der Waals surface area (Å²) in [4.78, 5) is 10.5. The zero-order chi connectivity index (χ0) is 12.0. The fourth-order valence-corrected chi connectivity index (χ4v) is 1.18. The number of amides is 1. The zero-order valence-electron chi connectivity index (χ0n) is 8.97. The molecule has 1 N–H and O–H groups in total. The number of hydrogen-bond donors (Lipinski definition) is 1. The van der Waals surface area contributed by atoms with Crippen molar-refractivity contribution in [1.29, 1.82) is 0 Å². The Morgan fingerprint density at radius 1 is 1.44 bits per heavy atom. The minimum Gasteiger partial charge on any atom is -0.356 e. The third-order valence-electron chi connectivity index (χ3n) is 1.94. The highest BCUT2D eigenvalue weighted by molar-refractivity contribution is 5.72.